The average molecular weight is 184 g/mol. The van der Waals surface area contributed by atoms with Gasteiger partial charge in [-0.2, -0.15) is 8.75 Å². The minimum Gasteiger partial charge on any atom is -0.497 e. The molecule has 1 heterocycles. The van der Waals surface area contributed by atoms with E-state index in [0.29, 0.717) is 16.8 Å². The van der Waals surface area contributed by atoms with Gasteiger partial charge in [-0.3, -0.25) is 0 Å². The van der Waals surface area contributed by atoms with Gasteiger partial charge < -0.3 is 4.74 Å². The van der Waals surface area contributed by atoms with Crippen LogP contribution in [0, 0.1) is 5.82 Å². The maximum absolute atomic E-state index is 13.1. The number of halogens is 1. The number of aromatic nitrogens is 2. The summed E-state index contributed by atoms with van der Waals surface area (Å²) in [4.78, 5) is 0. The smallest absolute Gasteiger partial charge is 0.155 e. The number of ether oxygens (including phenoxy) is 1. The summed E-state index contributed by atoms with van der Waals surface area (Å²) in [5.74, 6) is 0.0748. The standard InChI is InChI=1S/C7H5FN2OS/c1-11-4-2-5(8)7-6(3-4)9-12-10-7/h2-3H,1H3. The van der Waals surface area contributed by atoms with Gasteiger partial charge in [0.25, 0.3) is 0 Å². The fourth-order valence-electron chi connectivity index (χ4n) is 0.943. The molecule has 0 fully saturated rings. The van der Waals surface area contributed by atoms with Crippen molar-refractivity contribution in [3.05, 3.63) is 17.9 Å². The molecule has 62 valence electrons. The molecule has 0 unspecified atom stereocenters. The van der Waals surface area contributed by atoms with Gasteiger partial charge in [-0.05, 0) is 0 Å². The Morgan fingerprint density at radius 2 is 2.25 bits per heavy atom. The van der Waals surface area contributed by atoms with Gasteiger partial charge in [0, 0.05) is 12.1 Å². The van der Waals surface area contributed by atoms with Crippen molar-refractivity contribution in [2.45, 2.75) is 0 Å². The first kappa shape index (κ1) is 7.42. The molecule has 0 aliphatic carbocycles. The predicted octanol–water partition coefficient (Wildman–Crippen LogP) is 1.84. The third-order valence-corrected chi connectivity index (χ3v) is 2.07. The molecule has 0 aliphatic heterocycles. The number of hydrogen-bond donors (Lipinski definition) is 0. The van der Waals surface area contributed by atoms with E-state index < -0.39 is 5.82 Å². The summed E-state index contributed by atoms with van der Waals surface area (Å²) in [6, 6.07) is 2.95. The Morgan fingerprint density at radius 3 is 3.00 bits per heavy atom. The van der Waals surface area contributed by atoms with E-state index in [1.807, 2.05) is 0 Å². The molecular weight excluding hydrogens is 179 g/mol. The van der Waals surface area contributed by atoms with Crippen molar-refractivity contribution in [2.24, 2.45) is 0 Å². The quantitative estimate of drug-likeness (QED) is 0.678. The van der Waals surface area contributed by atoms with E-state index in [-0.39, 0.29) is 0 Å². The molecule has 1 aromatic carbocycles. The first-order valence-corrected chi connectivity index (χ1v) is 4.00. The van der Waals surface area contributed by atoms with Crippen LogP contribution < -0.4 is 4.74 Å². The molecule has 0 saturated heterocycles. The lowest BCUT2D eigenvalue weighted by atomic mass is 10.3. The maximum Gasteiger partial charge on any atom is 0.155 e. The number of benzene rings is 1. The van der Waals surface area contributed by atoms with Crippen molar-refractivity contribution in [3.8, 4) is 5.75 Å². The lowest BCUT2D eigenvalue weighted by Crippen LogP contribution is -1.85. The molecule has 5 heteroatoms. The fraction of sp³-hybridized carbons (Fsp3) is 0.143. The Labute approximate surface area is 72.1 Å². The molecular formula is C7H5FN2OS. The second-order valence-electron chi connectivity index (χ2n) is 2.24. The molecule has 0 bridgehead atoms. The predicted molar refractivity (Wildman–Crippen MR) is 43.9 cm³/mol. The normalized spacial score (nSPS) is 10.5. The maximum atomic E-state index is 13.1. The summed E-state index contributed by atoms with van der Waals surface area (Å²) < 4.78 is 25.7. The summed E-state index contributed by atoms with van der Waals surface area (Å²) >= 11 is 0.991. The molecule has 0 N–H and O–H groups in total. The van der Waals surface area contributed by atoms with Crippen LogP contribution in [0.5, 0.6) is 5.75 Å². The molecule has 3 nitrogen and oxygen atoms in total. The SMILES string of the molecule is COc1cc(F)c2nsnc2c1. The van der Waals surface area contributed by atoms with E-state index in [1.54, 1.807) is 6.07 Å². The van der Waals surface area contributed by atoms with Gasteiger partial charge >= 0.3 is 0 Å². The van der Waals surface area contributed by atoms with Crippen LogP contribution in [0.4, 0.5) is 4.39 Å². The number of nitrogens with zero attached hydrogens (tertiary/aromatic N) is 2. The second kappa shape index (κ2) is 2.67. The zero-order valence-electron chi connectivity index (χ0n) is 6.24. The van der Waals surface area contributed by atoms with Crippen molar-refractivity contribution in [1.29, 1.82) is 0 Å². The van der Waals surface area contributed by atoms with Crippen LogP contribution in [0.25, 0.3) is 11.0 Å². The van der Waals surface area contributed by atoms with E-state index in [0.717, 1.165) is 11.7 Å². The molecule has 0 atom stereocenters. The fourth-order valence-corrected chi connectivity index (χ4v) is 1.47. The molecule has 2 rings (SSSR count). The molecule has 0 saturated carbocycles. The largest absolute Gasteiger partial charge is 0.497 e. The Morgan fingerprint density at radius 1 is 1.42 bits per heavy atom. The summed E-state index contributed by atoms with van der Waals surface area (Å²) in [6.07, 6.45) is 0. The molecule has 12 heavy (non-hydrogen) atoms. The van der Waals surface area contributed by atoms with Gasteiger partial charge in [-0.25, -0.2) is 4.39 Å². The summed E-state index contributed by atoms with van der Waals surface area (Å²) in [5, 5.41) is 0. The van der Waals surface area contributed by atoms with Gasteiger partial charge in [-0.1, -0.05) is 0 Å². The molecule has 0 aliphatic rings. The molecule has 0 spiro atoms. The number of rotatable bonds is 1. The molecule has 0 amide bonds. The van der Waals surface area contributed by atoms with Crippen molar-refractivity contribution in [3.63, 3.8) is 0 Å². The zero-order valence-corrected chi connectivity index (χ0v) is 7.06. The highest BCUT2D eigenvalue weighted by Gasteiger charge is 2.06. The van der Waals surface area contributed by atoms with E-state index >= 15 is 0 Å². The third kappa shape index (κ3) is 1.02. The minimum atomic E-state index is -0.391. The van der Waals surface area contributed by atoms with E-state index in [1.165, 1.54) is 13.2 Å². The first-order chi connectivity index (χ1) is 5.81. The van der Waals surface area contributed by atoms with Crippen LogP contribution in [0.3, 0.4) is 0 Å². The van der Waals surface area contributed by atoms with E-state index in [9.17, 15) is 4.39 Å². The van der Waals surface area contributed by atoms with Crippen LogP contribution in [-0.2, 0) is 0 Å². The lowest BCUT2D eigenvalue weighted by Gasteiger charge is -1.97. The van der Waals surface area contributed by atoms with Gasteiger partial charge in [0.2, 0.25) is 0 Å². The van der Waals surface area contributed by atoms with Crippen LogP contribution in [0.15, 0.2) is 12.1 Å². The van der Waals surface area contributed by atoms with Gasteiger partial charge in [0.1, 0.15) is 16.8 Å². The van der Waals surface area contributed by atoms with E-state index in [4.69, 9.17) is 4.74 Å². The van der Waals surface area contributed by atoms with E-state index in [2.05, 4.69) is 8.75 Å². The van der Waals surface area contributed by atoms with Crippen molar-refractivity contribution < 1.29 is 9.13 Å². The summed E-state index contributed by atoms with van der Waals surface area (Å²) in [6.45, 7) is 0. The van der Waals surface area contributed by atoms with Crippen LogP contribution in [-0.4, -0.2) is 15.9 Å². The number of hydrogen-bond acceptors (Lipinski definition) is 4. The van der Waals surface area contributed by atoms with Gasteiger partial charge in [-0.15, -0.1) is 0 Å². The monoisotopic (exact) mass is 184 g/mol. The van der Waals surface area contributed by atoms with Crippen molar-refractivity contribution in [1.82, 2.24) is 8.75 Å². The van der Waals surface area contributed by atoms with Gasteiger partial charge in [0.05, 0.1) is 18.8 Å². The lowest BCUT2D eigenvalue weighted by molar-refractivity contribution is 0.412. The average Bonchev–Trinajstić information content (AvgIpc) is 2.52. The van der Waals surface area contributed by atoms with Crippen molar-refractivity contribution in [2.75, 3.05) is 7.11 Å². The second-order valence-corrected chi connectivity index (χ2v) is 2.77. The summed E-state index contributed by atoms with van der Waals surface area (Å²) in [7, 11) is 1.49. The Kier molecular flexibility index (Phi) is 1.65. The minimum absolute atomic E-state index is 0.306. The molecule has 1 aromatic heterocycles. The van der Waals surface area contributed by atoms with Crippen molar-refractivity contribution >= 4 is 22.8 Å². The number of fused-ring (bicyclic) bond motifs is 1. The third-order valence-electron chi connectivity index (χ3n) is 1.52. The highest BCUT2D eigenvalue weighted by molar-refractivity contribution is 7.00. The molecule has 2 aromatic rings. The Bertz CT molecular complexity index is 415. The van der Waals surface area contributed by atoms with Gasteiger partial charge in [0.15, 0.2) is 5.82 Å². The van der Waals surface area contributed by atoms with Crippen LogP contribution >= 0.6 is 11.7 Å². The zero-order chi connectivity index (χ0) is 8.55. The molecule has 0 radical (unpaired) electrons. The first-order valence-electron chi connectivity index (χ1n) is 3.27. The Hall–Kier alpha value is -1.23. The summed E-state index contributed by atoms with van der Waals surface area (Å²) in [5.41, 5.74) is 0.845. The number of methoxy groups -OCH3 is 1. The van der Waals surface area contributed by atoms with Crippen LogP contribution in [0.1, 0.15) is 0 Å². The Balaban J connectivity index is 2.75. The van der Waals surface area contributed by atoms with Crippen LogP contribution in [0.2, 0.25) is 0 Å². The highest BCUT2D eigenvalue weighted by atomic mass is 32.1. The topological polar surface area (TPSA) is 35.0 Å². The highest BCUT2D eigenvalue weighted by Crippen LogP contribution is 2.22.